The van der Waals surface area contributed by atoms with Crippen LogP contribution >= 0.6 is 11.3 Å². The zero-order chi connectivity index (χ0) is 14.5. The first-order chi connectivity index (χ1) is 9.61. The lowest BCUT2D eigenvalue weighted by Crippen LogP contribution is -2.06. The van der Waals surface area contributed by atoms with Gasteiger partial charge in [0.25, 0.3) is 0 Å². The Labute approximate surface area is 123 Å². The monoisotopic (exact) mass is 292 g/mol. The number of hydrogen-bond donors (Lipinski definition) is 1. The van der Waals surface area contributed by atoms with Gasteiger partial charge in [-0.3, -0.25) is 0 Å². The summed E-state index contributed by atoms with van der Waals surface area (Å²) in [6.45, 7) is 4.57. The van der Waals surface area contributed by atoms with Crippen LogP contribution in [0, 0.1) is 6.92 Å². The molecule has 0 saturated heterocycles. The maximum Gasteiger partial charge on any atom is 0.161 e. The first-order valence-corrected chi connectivity index (χ1v) is 7.45. The number of rotatable bonds is 6. The van der Waals surface area contributed by atoms with Crippen molar-refractivity contribution in [2.75, 3.05) is 13.7 Å². The van der Waals surface area contributed by atoms with Gasteiger partial charge >= 0.3 is 0 Å². The molecule has 0 bridgehead atoms. The highest BCUT2D eigenvalue weighted by Gasteiger charge is 2.09. The summed E-state index contributed by atoms with van der Waals surface area (Å²) in [7, 11) is 1.64. The van der Waals surface area contributed by atoms with Crippen molar-refractivity contribution >= 4 is 11.3 Å². The van der Waals surface area contributed by atoms with Gasteiger partial charge in [0.2, 0.25) is 0 Å². The topological polar surface area (TPSA) is 57.4 Å². The molecular weight excluding hydrogens is 272 g/mol. The zero-order valence-electron chi connectivity index (χ0n) is 12.1. The molecule has 0 radical (unpaired) electrons. The molecule has 0 saturated carbocycles. The molecule has 1 aromatic heterocycles. The second kappa shape index (κ2) is 6.72. The molecule has 2 aromatic rings. The molecule has 1 heterocycles. The summed E-state index contributed by atoms with van der Waals surface area (Å²) in [6, 6.07) is 5.80. The van der Waals surface area contributed by atoms with Gasteiger partial charge in [0.05, 0.1) is 24.9 Å². The molecule has 108 valence electrons. The molecular formula is C15H20N2O2S. The highest BCUT2D eigenvalue weighted by atomic mass is 32.1. The molecule has 0 unspecified atom stereocenters. The molecule has 2 N–H and O–H groups in total. The number of benzene rings is 1. The molecule has 0 aliphatic heterocycles. The van der Waals surface area contributed by atoms with Crippen molar-refractivity contribution < 1.29 is 9.47 Å². The third-order valence-corrected chi connectivity index (χ3v) is 4.14. The molecule has 0 spiro atoms. The lowest BCUT2D eigenvalue weighted by molar-refractivity contribution is 0.298. The average molecular weight is 292 g/mol. The van der Waals surface area contributed by atoms with E-state index in [0.29, 0.717) is 6.61 Å². The van der Waals surface area contributed by atoms with Crippen LogP contribution in [0.5, 0.6) is 11.5 Å². The average Bonchev–Trinajstić information content (AvgIpc) is 2.84. The molecule has 0 fully saturated rings. The van der Waals surface area contributed by atoms with Crippen LogP contribution in [0.2, 0.25) is 0 Å². The standard InChI is InChI=1S/C15H20N2O2S/c1-10(16)12-4-5-13(14(8-12)18-3)19-7-6-15-11(2)17-9-20-15/h4-5,8-10H,6-7,16H2,1-3H3/t10-/m1/s1. The fourth-order valence-electron chi connectivity index (χ4n) is 1.91. The van der Waals surface area contributed by atoms with Crippen molar-refractivity contribution in [1.29, 1.82) is 0 Å². The summed E-state index contributed by atoms with van der Waals surface area (Å²) >= 11 is 1.66. The second-order valence-electron chi connectivity index (χ2n) is 4.66. The normalized spacial score (nSPS) is 12.2. The Bertz CT molecular complexity index is 567. The number of methoxy groups -OCH3 is 1. The summed E-state index contributed by atoms with van der Waals surface area (Å²) in [6.07, 6.45) is 0.856. The quantitative estimate of drug-likeness (QED) is 0.889. The van der Waals surface area contributed by atoms with Gasteiger partial charge in [-0.15, -0.1) is 11.3 Å². The van der Waals surface area contributed by atoms with Crippen molar-refractivity contribution in [3.05, 3.63) is 39.8 Å². The first-order valence-electron chi connectivity index (χ1n) is 6.57. The zero-order valence-corrected chi connectivity index (χ0v) is 12.9. The molecule has 0 aliphatic rings. The van der Waals surface area contributed by atoms with Crippen molar-refractivity contribution in [3.8, 4) is 11.5 Å². The van der Waals surface area contributed by atoms with Crippen molar-refractivity contribution in [3.63, 3.8) is 0 Å². The highest BCUT2D eigenvalue weighted by molar-refractivity contribution is 7.09. The van der Waals surface area contributed by atoms with Crippen molar-refractivity contribution in [2.45, 2.75) is 26.3 Å². The second-order valence-corrected chi connectivity index (χ2v) is 5.60. The largest absolute Gasteiger partial charge is 0.493 e. The number of thiazole rings is 1. The van der Waals surface area contributed by atoms with E-state index in [1.807, 2.05) is 37.6 Å². The maximum atomic E-state index is 5.87. The van der Waals surface area contributed by atoms with Crippen LogP contribution < -0.4 is 15.2 Å². The van der Waals surface area contributed by atoms with E-state index >= 15 is 0 Å². The van der Waals surface area contributed by atoms with Crippen LogP contribution in [0.3, 0.4) is 0 Å². The third kappa shape index (κ3) is 3.49. The van der Waals surface area contributed by atoms with E-state index in [0.717, 1.165) is 29.2 Å². The third-order valence-electron chi connectivity index (χ3n) is 3.15. The maximum absolute atomic E-state index is 5.87. The Balaban J connectivity index is 2.00. The Hall–Kier alpha value is -1.59. The van der Waals surface area contributed by atoms with E-state index in [2.05, 4.69) is 4.98 Å². The molecule has 1 aromatic carbocycles. The molecule has 2 rings (SSSR count). The summed E-state index contributed by atoms with van der Waals surface area (Å²) in [5.74, 6) is 1.47. The predicted octanol–water partition coefficient (Wildman–Crippen LogP) is 3.10. The lowest BCUT2D eigenvalue weighted by atomic mass is 10.1. The van der Waals surface area contributed by atoms with Gasteiger partial charge in [-0.1, -0.05) is 6.07 Å². The minimum absolute atomic E-state index is 0.0159. The Morgan fingerprint density at radius 3 is 2.75 bits per heavy atom. The van der Waals surface area contributed by atoms with E-state index in [1.165, 1.54) is 4.88 Å². The van der Waals surface area contributed by atoms with Crippen LogP contribution in [0.15, 0.2) is 23.7 Å². The smallest absolute Gasteiger partial charge is 0.161 e. The van der Waals surface area contributed by atoms with E-state index < -0.39 is 0 Å². The Morgan fingerprint density at radius 1 is 1.35 bits per heavy atom. The number of ether oxygens (including phenoxy) is 2. The lowest BCUT2D eigenvalue weighted by Gasteiger charge is -2.13. The SMILES string of the molecule is COc1cc([C@@H](C)N)ccc1OCCc1scnc1C. The Kier molecular flexibility index (Phi) is 4.98. The van der Waals surface area contributed by atoms with Crippen LogP contribution in [0.25, 0.3) is 0 Å². The molecule has 5 heteroatoms. The molecule has 4 nitrogen and oxygen atoms in total. The number of nitrogens with zero attached hydrogens (tertiary/aromatic N) is 1. The number of nitrogens with two attached hydrogens (primary N) is 1. The predicted molar refractivity (Wildman–Crippen MR) is 81.6 cm³/mol. The minimum atomic E-state index is -0.0159. The molecule has 0 aliphatic carbocycles. The van der Waals surface area contributed by atoms with Crippen LogP contribution in [-0.2, 0) is 6.42 Å². The van der Waals surface area contributed by atoms with E-state index in [-0.39, 0.29) is 6.04 Å². The summed E-state index contributed by atoms with van der Waals surface area (Å²) in [5.41, 5.74) is 9.85. The first kappa shape index (κ1) is 14.8. The fourth-order valence-corrected chi connectivity index (χ4v) is 2.67. The summed E-state index contributed by atoms with van der Waals surface area (Å²) in [4.78, 5) is 5.49. The fraction of sp³-hybridized carbons (Fsp3) is 0.400. The van der Waals surface area contributed by atoms with Crippen LogP contribution in [-0.4, -0.2) is 18.7 Å². The number of aromatic nitrogens is 1. The highest BCUT2D eigenvalue weighted by Crippen LogP contribution is 2.30. The van der Waals surface area contributed by atoms with Gasteiger partial charge in [0, 0.05) is 17.3 Å². The van der Waals surface area contributed by atoms with Gasteiger partial charge in [-0.25, -0.2) is 4.98 Å². The van der Waals surface area contributed by atoms with E-state index in [9.17, 15) is 0 Å². The van der Waals surface area contributed by atoms with Crippen LogP contribution in [0.1, 0.15) is 29.1 Å². The van der Waals surface area contributed by atoms with Crippen molar-refractivity contribution in [1.82, 2.24) is 4.98 Å². The van der Waals surface area contributed by atoms with Gasteiger partial charge in [-0.05, 0) is 31.5 Å². The van der Waals surface area contributed by atoms with E-state index in [1.54, 1.807) is 18.4 Å². The number of hydrogen-bond acceptors (Lipinski definition) is 5. The minimum Gasteiger partial charge on any atom is -0.493 e. The van der Waals surface area contributed by atoms with Crippen molar-refractivity contribution in [2.24, 2.45) is 5.73 Å². The number of aryl methyl sites for hydroxylation is 1. The van der Waals surface area contributed by atoms with Gasteiger partial charge in [0.1, 0.15) is 0 Å². The van der Waals surface area contributed by atoms with E-state index in [4.69, 9.17) is 15.2 Å². The van der Waals surface area contributed by atoms with Gasteiger partial charge in [0.15, 0.2) is 11.5 Å². The molecule has 0 amide bonds. The molecule has 1 atom stereocenters. The van der Waals surface area contributed by atoms with Gasteiger partial charge in [-0.2, -0.15) is 0 Å². The summed E-state index contributed by atoms with van der Waals surface area (Å²) in [5, 5.41) is 0. The molecule has 20 heavy (non-hydrogen) atoms. The van der Waals surface area contributed by atoms with Gasteiger partial charge < -0.3 is 15.2 Å². The van der Waals surface area contributed by atoms with Crippen LogP contribution in [0.4, 0.5) is 0 Å². The Morgan fingerprint density at radius 2 is 2.15 bits per heavy atom. The summed E-state index contributed by atoms with van der Waals surface area (Å²) < 4.78 is 11.2.